The molecule has 0 radical (unpaired) electrons. The predicted molar refractivity (Wildman–Crippen MR) is 121 cm³/mol. The average Bonchev–Trinajstić information content (AvgIpc) is 3.16. The summed E-state index contributed by atoms with van der Waals surface area (Å²) in [5, 5.41) is 2.71. The highest BCUT2D eigenvalue weighted by Crippen LogP contribution is 2.22. The van der Waals surface area contributed by atoms with Gasteiger partial charge in [-0.25, -0.2) is 4.98 Å². The minimum Gasteiger partial charge on any atom is -0.497 e. The van der Waals surface area contributed by atoms with E-state index in [0.29, 0.717) is 36.7 Å². The van der Waals surface area contributed by atoms with Crippen LogP contribution in [0.15, 0.2) is 53.3 Å². The van der Waals surface area contributed by atoms with Crippen molar-refractivity contribution < 1.29 is 23.5 Å². The fourth-order valence-corrected chi connectivity index (χ4v) is 3.78. The van der Waals surface area contributed by atoms with Gasteiger partial charge in [0.05, 0.1) is 13.3 Å². The molecule has 1 aromatic carbocycles. The molecule has 3 heterocycles. The Balaban J connectivity index is 1.35. The number of rotatable bonds is 6. The molecule has 1 fully saturated rings. The number of anilines is 1. The molecule has 33 heavy (non-hydrogen) atoms. The molecule has 0 aliphatic carbocycles. The molecule has 1 saturated heterocycles. The number of carbonyl (C=O) groups excluding carboxylic acids is 2. The maximum atomic E-state index is 13.0. The molecule has 1 aliphatic heterocycles. The van der Waals surface area contributed by atoms with Gasteiger partial charge >= 0.3 is 0 Å². The lowest BCUT2D eigenvalue weighted by atomic mass is 10.1. The van der Waals surface area contributed by atoms with Crippen LogP contribution in [0.2, 0.25) is 0 Å². The largest absolute Gasteiger partial charge is 0.497 e. The summed E-state index contributed by atoms with van der Waals surface area (Å²) >= 11 is 0. The second kappa shape index (κ2) is 10.2. The molecule has 0 spiro atoms. The molecular weight excluding hydrogens is 424 g/mol. The van der Waals surface area contributed by atoms with Gasteiger partial charge in [-0.15, -0.1) is 0 Å². The first kappa shape index (κ1) is 22.3. The van der Waals surface area contributed by atoms with Gasteiger partial charge in [0.2, 0.25) is 11.8 Å². The third-order valence-corrected chi connectivity index (χ3v) is 5.52. The number of likely N-dealkylation sites (tertiary alicyclic amines) is 1. The smallest absolute Gasteiger partial charge is 0.289 e. The lowest BCUT2D eigenvalue weighted by molar-refractivity contribution is 0.0723. The molecule has 1 N–H and O–H groups in total. The fraction of sp³-hybridized carbons (Fsp3) is 0.333. The molecule has 9 nitrogen and oxygen atoms in total. The van der Waals surface area contributed by atoms with Gasteiger partial charge < -0.3 is 18.8 Å². The van der Waals surface area contributed by atoms with Crippen molar-refractivity contribution in [3.05, 3.63) is 65.8 Å². The highest BCUT2D eigenvalue weighted by atomic mass is 16.5. The van der Waals surface area contributed by atoms with Gasteiger partial charge in [0.15, 0.2) is 5.76 Å². The summed E-state index contributed by atoms with van der Waals surface area (Å²) in [6.07, 6.45) is 7.05. The van der Waals surface area contributed by atoms with Crippen molar-refractivity contribution in [3.8, 4) is 11.6 Å². The Labute approximate surface area is 191 Å². The number of aromatic nitrogens is 2. The first-order valence-corrected chi connectivity index (χ1v) is 10.8. The quantitative estimate of drug-likeness (QED) is 0.610. The van der Waals surface area contributed by atoms with Crippen molar-refractivity contribution in [2.75, 3.05) is 25.5 Å². The molecule has 2 amide bonds. The van der Waals surface area contributed by atoms with E-state index < -0.39 is 0 Å². The maximum Gasteiger partial charge on any atom is 0.289 e. The summed E-state index contributed by atoms with van der Waals surface area (Å²) in [6, 6.07) is 8.36. The Kier molecular flexibility index (Phi) is 6.87. The molecule has 9 heteroatoms. The van der Waals surface area contributed by atoms with Gasteiger partial charge in [0.25, 0.3) is 11.8 Å². The number of aryl methyl sites for hydroxylation is 1. The zero-order chi connectivity index (χ0) is 23.2. The van der Waals surface area contributed by atoms with Crippen molar-refractivity contribution in [3.63, 3.8) is 0 Å². The monoisotopic (exact) mass is 450 g/mol. The number of nitrogens with zero attached hydrogens (tertiary/aromatic N) is 3. The van der Waals surface area contributed by atoms with Crippen LogP contribution in [0.3, 0.4) is 0 Å². The second-order valence-electron chi connectivity index (χ2n) is 7.81. The van der Waals surface area contributed by atoms with E-state index in [1.807, 2.05) is 6.92 Å². The lowest BCUT2D eigenvalue weighted by Gasteiger charge is -2.19. The second-order valence-corrected chi connectivity index (χ2v) is 7.81. The third kappa shape index (κ3) is 5.49. The number of carbonyl (C=O) groups is 2. The van der Waals surface area contributed by atoms with Crippen LogP contribution in [0.1, 0.15) is 45.7 Å². The predicted octanol–water partition coefficient (Wildman–Crippen LogP) is 3.71. The number of hydrogen-bond acceptors (Lipinski definition) is 7. The van der Waals surface area contributed by atoms with Gasteiger partial charge in [-0.3, -0.25) is 19.9 Å². The van der Waals surface area contributed by atoms with Crippen molar-refractivity contribution in [1.29, 1.82) is 0 Å². The summed E-state index contributed by atoms with van der Waals surface area (Å²) in [5.41, 5.74) is 1.28. The van der Waals surface area contributed by atoms with Crippen LogP contribution >= 0.6 is 0 Å². The van der Waals surface area contributed by atoms with E-state index >= 15 is 0 Å². The molecule has 0 saturated carbocycles. The normalized spacial score (nSPS) is 16.1. The zero-order valence-corrected chi connectivity index (χ0v) is 18.6. The zero-order valence-electron chi connectivity index (χ0n) is 18.6. The van der Waals surface area contributed by atoms with E-state index in [0.717, 1.165) is 18.4 Å². The van der Waals surface area contributed by atoms with Gasteiger partial charge in [-0.1, -0.05) is 0 Å². The minimum atomic E-state index is -0.317. The number of hydrogen-bond donors (Lipinski definition) is 1. The van der Waals surface area contributed by atoms with Crippen molar-refractivity contribution in [1.82, 2.24) is 14.9 Å². The number of amides is 2. The summed E-state index contributed by atoms with van der Waals surface area (Å²) in [7, 11) is 1.57. The molecule has 1 atom stereocenters. The summed E-state index contributed by atoms with van der Waals surface area (Å²) in [5.74, 6) is 1.04. The Bertz CT molecular complexity index is 1120. The number of furan rings is 1. The molecule has 1 aliphatic rings. The van der Waals surface area contributed by atoms with E-state index in [-0.39, 0.29) is 29.6 Å². The van der Waals surface area contributed by atoms with Crippen LogP contribution in [-0.4, -0.2) is 53.0 Å². The van der Waals surface area contributed by atoms with Crippen LogP contribution in [0.5, 0.6) is 11.6 Å². The van der Waals surface area contributed by atoms with Gasteiger partial charge in [0.1, 0.15) is 11.9 Å². The Morgan fingerprint density at radius 3 is 2.79 bits per heavy atom. The number of ether oxygens (including phenoxy) is 2. The van der Waals surface area contributed by atoms with Crippen LogP contribution in [0, 0.1) is 6.92 Å². The molecular formula is C24H26N4O5. The van der Waals surface area contributed by atoms with Crippen LogP contribution in [0.4, 0.5) is 5.88 Å². The van der Waals surface area contributed by atoms with Gasteiger partial charge in [-0.05, 0) is 49.6 Å². The maximum absolute atomic E-state index is 13.0. The Morgan fingerprint density at radius 2 is 2.03 bits per heavy atom. The topological polar surface area (TPSA) is 107 Å². The third-order valence-electron chi connectivity index (χ3n) is 5.52. The van der Waals surface area contributed by atoms with E-state index in [9.17, 15) is 9.59 Å². The van der Waals surface area contributed by atoms with Crippen molar-refractivity contribution in [2.45, 2.75) is 32.3 Å². The van der Waals surface area contributed by atoms with Crippen molar-refractivity contribution in [2.24, 2.45) is 0 Å². The standard InChI is InChI=1S/C24H26N4O5/c1-16-14-18(31-2)5-6-19(16)23(29)27-21-8-7-20(33-21)24(30)28-12-3-4-17(9-13-28)32-22-15-25-10-11-26-22/h5-8,10-11,14-15,17H,3-4,9,12-13H2,1-2H3,(H,27,29). The van der Waals surface area contributed by atoms with Crippen LogP contribution in [-0.2, 0) is 0 Å². The first-order valence-electron chi connectivity index (χ1n) is 10.8. The number of nitrogens with one attached hydrogen (secondary N) is 1. The van der Waals surface area contributed by atoms with Gasteiger partial charge in [0, 0.05) is 43.5 Å². The minimum absolute atomic E-state index is 0.0290. The average molecular weight is 450 g/mol. The fourth-order valence-electron chi connectivity index (χ4n) is 3.78. The number of methoxy groups -OCH3 is 1. The van der Waals surface area contributed by atoms with E-state index in [4.69, 9.17) is 13.9 Å². The Hall–Kier alpha value is -3.88. The summed E-state index contributed by atoms with van der Waals surface area (Å²) in [4.78, 5) is 35.5. The molecule has 1 unspecified atom stereocenters. The molecule has 0 bridgehead atoms. The van der Waals surface area contributed by atoms with Crippen molar-refractivity contribution >= 4 is 17.7 Å². The lowest BCUT2D eigenvalue weighted by Crippen LogP contribution is -2.32. The Morgan fingerprint density at radius 1 is 1.15 bits per heavy atom. The van der Waals surface area contributed by atoms with E-state index in [1.54, 1.807) is 60.9 Å². The van der Waals surface area contributed by atoms with E-state index in [2.05, 4.69) is 15.3 Å². The number of benzene rings is 1. The molecule has 2 aromatic heterocycles. The first-order chi connectivity index (χ1) is 16.0. The van der Waals surface area contributed by atoms with E-state index in [1.165, 1.54) is 0 Å². The SMILES string of the molecule is COc1ccc(C(=O)Nc2ccc(C(=O)N3CCCC(Oc4cnccn4)CC3)o2)c(C)c1. The highest BCUT2D eigenvalue weighted by Gasteiger charge is 2.25. The van der Waals surface area contributed by atoms with Crippen LogP contribution in [0.25, 0.3) is 0 Å². The van der Waals surface area contributed by atoms with Gasteiger partial charge in [-0.2, -0.15) is 0 Å². The molecule has 3 aromatic rings. The molecule has 172 valence electrons. The summed E-state index contributed by atoms with van der Waals surface area (Å²) < 4.78 is 16.7. The highest BCUT2D eigenvalue weighted by molar-refractivity contribution is 6.05. The van der Waals surface area contributed by atoms with Crippen LogP contribution < -0.4 is 14.8 Å². The molecule has 4 rings (SSSR count). The summed E-state index contributed by atoms with van der Waals surface area (Å²) in [6.45, 7) is 2.97.